The van der Waals surface area contributed by atoms with E-state index in [4.69, 9.17) is 4.74 Å². The largest absolute Gasteiger partial charge is 0.449 e. The molecule has 0 saturated carbocycles. The lowest BCUT2D eigenvalue weighted by Gasteiger charge is -2.36. The van der Waals surface area contributed by atoms with E-state index in [0.717, 1.165) is 32.6 Å². The van der Waals surface area contributed by atoms with Gasteiger partial charge in [-0.15, -0.1) is 0 Å². The third-order valence-electron chi connectivity index (χ3n) is 4.65. The number of carbonyl (C=O) groups is 2. The highest BCUT2D eigenvalue weighted by atomic mass is 16.6. The third-order valence-corrected chi connectivity index (χ3v) is 4.65. The quantitative estimate of drug-likeness (QED) is 0.845. The van der Waals surface area contributed by atoms with Gasteiger partial charge in [0.25, 0.3) is 0 Å². The van der Waals surface area contributed by atoms with Crippen LogP contribution in [0.15, 0.2) is 24.3 Å². The smallest absolute Gasteiger partial charge is 0.409 e. The van der Waals surface area contributed by atoms with Crippen molar-refractivity contribution in [2.24, 2.45) is 0 Å². The van der Waals surface area contributed by atoms with Crippen molar-refractivity contribution in [1.82, 2.24) is 9.80 Å². The van der Waals surface area contributed by atoms with Crippen LogP contribution in [0.25, 0.3) is 0 Å². The summed E-state index contributed by atoms with van der Waals surface area (Å²) in [6.07, 6.45) is 0.924. The van der Waals surface area contributed by atoms with E-state index in [9.17, 15) is 9.59 Å². The van der Waals surface area contributed by atoms with E-state index in [1.807, 2.05) is 4.90 Å². The molecule has 2 fully saturated rings. The molecule has 130 valence electrons. The van der Waals surface area contributed by atoms with Crippen molar-refractivity contribution in [1.29, 1.82) is 0 Å². The number of aryl methyl sites for hydroxylation is 1. The summed E-state index contributed by atoms with van der Waals surface area (Å²) in [6, 6.07) is 8.46. The summed E-state index contributed by atoms with van der Waals surface area (Å²) in [4.78, 5) is 29.8. The Balaban J connectivity index is 1.45. The lowest BCUT2D eigenvalue weighted by molar-refractivity contribution is -0.131. The molecule has 0 aromatic heterocycles. The van der Waals surface area contributed by atoms with Gasteiger partial charge < -0.3 is 19.4 Å². The number of anilines is 1. The summed E-state index contributed by atoms with van der Waals surface area (Å²) in [7, 11) is 0. The first-order valence-corrected chi connectivity index (χ1v) is 8.64. The number of amides is 2. The highest BCUT2D eigenvalue weighted by Crippen LogP contribution is 2.18. The molecule has 1 aromatic carbocycles. The molecule has 6 heteroatoms. The van der Waals surface area contributed by atoms with E-state index >= 15 is 0 Å². The Kier molecular flexibility index (Phi) is 5.23. The number of rotatable bonds is 4. The van der Waals surface area contributed by atoms with Crippen LogP contribution in [-0.4, -0.2) is 67.7 Å². The van der Waals surface area contributed by atoms with Crippen molar-refractivity contribution in [3.05, 3.63) is 29.8 Å². The second-order valence-corrected chi connectivity index (χ2v) is 6.41. The summed E-state index contributed by atoms with van der Waals surface area (Å²) in [5.41, 5.74) is 2.47. The standard InChI is InChI=1S/C18H25N3O3/c1-15-4-2-5-16(14-15)19-9-11-20(12-10-19)17(22)6-8-21-7-3-13-24-18(21)23/h2,4-5,14H,3,6-13H2,1H3. The number of ether oxygens (including phenoxy) is 1. The van der Waals surface area contributed by atoms with E-state index in [2.05, 4.69) is 36.1 Å². The van der Waals surface area contributed by atoms with Crippen LogP contribution in [0.4, 0.5) is 10.5 Å². The zero-order valence-corrected chi connectivity index (χ0v) is 14.2. The Hall–Kier alpha value is -2.24. The van der Waals surface area contributed by atoms with Gasteiger partial charge in [0.1, 0.15) is 0 Å². The van der Waals surface area contributed by atoms with Crippen LogP contribution in [0.1, 0.15) is 18.4 Å². The molecule has 3 rings (SSSR count). The first-order chi connectivity index (χ1) is 11.6. The molecule has 0 unspecified atom stereocenters. The van der Waals surface area contributed by atoms with Gasteiger partial charge in [-0.3, -0.25) is 4.79 Å². The van der Waals surface area contributed by atoms with Crippen LogP contribution in [0.5, 0.6) is 0 Å². The SMILES string of the molecule is Cc1cccc(N2CCN(C(=O)CCN3CCCOC3=O)CC2)c1. The number of hydrogen-bond donors (Lipinski definition) is 0. The number of hydrogen-bond acceptors (Lipinski definition) is 4. The van der Waals surface area contributed by atoms with E-state index in [0.29, 0.717) is 26.1 Å². The molecule has 2 saturated heterocycles. The minimum atomic E-state index is -0.293. The van der Waals surface area contributed by atoms with Crippen molar-refractivity contribution in [3.63, 3.8) is 0 Å². The Labute approximate surface area is 143 Å². The second kappa shape index (κ2) is 7.55. The van der Waals surface area contributed by atoms with Gasteiger partial charge >= 0.3 is 6.09 Å². The van der Waals surface area contributed by atoms with Gasteiger partial charge in [0, 0.05) is 51.4 Å². The lowest BCUT2D eigenvalue weighted by Crippen LogP contribution is -2.49. The molecular weight excluding hydrogens is 306 g/mol. The van der Waals surface area contributed by atoms with Crippen LogP contribution in [-0.2, 0) is 9.53 Å². The highest BCUT2D eigenvalue weighted by molar-refractivity contribution is 5.77. The molecule has 6 nitrogen and oxygen atoms in total. The predicted molar refractivity (Wildman–Crippen MR) is 92.1 cm³/mol. The van der Waals surface area contributed by atoms with Crippen molar-refractivity contribution >= 4 is 17.7 Å². The average Bonchev–Trinajstić information content (AvgIpc) is 2.61. The van der Waals surface area contributed by atoms with Gasteiger partial charge in [0.05, 0.1) is 6.61 Å². The molecule has 24 heavy (non-hydrogen) atoms. The van der Waals surface area contributed by atoms with Gasteiger partial charge in [-0.1, -0.05) is 12.1 Å². The molecule has 1 aromatic rings. The summed E-state index contributed by atoms with van der Waals surface area (Å²) in [5.74, 6) is 0.122. The molecule has 2 aliphatic rings. The maximum atomic E-state index is 12.4. The second-order valence-electron chi connectivity index (χ2n) is 6.41. The Morgan fingerprint density at radius 3 is 2.67 bits per heavy atom. The van der Waals surface area contributed by atoms with E-state index in [-0.39, 0.29) is 12.0 Å². The van der Waals surface area contributed by atoms with E-state index in [1.165, 1.54) is 11.3 Å². The maximum absolute atomic E-state index is 12.4. The zero-order chi connectivity index (χ0) is 16.9. The molecule has 2 amide bonds. The van der Waals surface area contributed by atoms with Crippen LogP contribution >= 0.6 is 0 Å². The Morgan fingerprint density at radius 2 is 1.96 bits per heavy atom. The predicted octanol–water partition coefficient (Wildman–Crippen LogP) is 1.88. The normalized spacial score (nSPS) is 18.5. The number of piperazine rings is 1. The van der Waals surface area contributed by atoms with Crippen molar-refractivity contribution in [2.75, 3.05) is 50.8 Å². The van der Waals surface area contributed by atoms with Gasteiger partial charge in [-0.25, -0.2) is 4.79 Å². The lowest BCUT2D eigenvalue weighted by atomic mass is 10.2. The van der Waals surface area contributed by atoms with Crippen molar-refractivity contribution < 1.29 is 14.3 Å². The fourth-order valence-electron chi connectivity index (χ4n) is 3.23. The summed E-state index contributed by atoms with van der Waals surface area (Å²) in [6.45, 7) is 6.89. The van der Waals surface area contributed by atoms with Crippen molar-refractivity contribution in [3.8, 4) is 0 Å². The molecule has 0 N–H and O–H groups in total. The number of cyclic esters (lactones) is 1. The molecule has 0 radical (unpaired) electrons. The van der Waals surface area contributed by atoms with Crippen molar-refractivity contribution in [2.45, 2.75) is 19.8 Å². The summed E-state index contributed by atoms with van der Waals surface area (Å²) in [5, 5.41) is 0. The number of benzene rings is 1. The molecular formula is C18H25N3O3. The highest BCUT2D eigenvalue weighted by Gasteiger charge is 2.24. The first-order valence-electron chi connectivity index (χ1n) is 8.64. The zero-order valence-electron chi connectivity index (χ0n) is 14.2. The van der Waals surface area contributed by atoms with Crippen LogP contribution in [0, 0.1) is 6.92 Å². The molecule has 0 atom stereocenters. The fraction of sp³-hybridized carbons (Fsp3) is 0.556. The Bertz CT molecular complexity index is 597. The number of nitrogens with zero attached hydrogens (tertiary/aromatic N) is 3. The summed E-state index contributed by atoms with van der Waals surface area (Å²) >= 11 is 0. The topological polar surface area (TPSA) is 53.1 Å². The van der Waals surface area contributed by atoms with Crippen LogP contribution in [0.3, 0.4) is 0 Å². The monoisotopic (exact) mass is 331 g/mol. The minimum Gasteiger partial charge on any atom is -0.449 e. The number of carbonyl (C=O) groups excluding carboxylic acids is 2. The molecule has 0 spiro atoms. The fourth-order valence-corrected chi connectivity index (χ4v) is 3.23. The average molecular weight is 331 g/mol. The summed E-state index contributed by atoms with van der Waals surface area (Å²) < 4.78 is 5.00. The van der Waals surface area contributed by atoms with Gasteiger partial charge in [-0.05, 0) is 31.0 Å². The van der Waals surface area contributed by atoms with Crippen LogP contribution in [0.2, 0.25) is 0 Å². The molecule has 0 aliphatic carbocycles. The molecule has 0 bridgehead atoms. The minimum absolute atomic E-state index is 0.122. The maximum Gasteiger partial charge on any atom is 0.409 e. The van der Waals surface area contributed by atoms with Gasteiger partial charge in [0.2, 0.25) is 5.91 Å². The van der Waals surface area contributed by atoms with Gasteiger partial charge in [0.15, 0.2) is 0 Å². The third kappa shape index (κ3) is 3.99. The Morgan fingerprint density at radius 1 is 1.17 bits per heavy atom. The first kappa shape index (κ1) is 16.6. The van der Waals surface area contributed by atoms with E-state index in [1.54, 1.807) is 4.90 Å². The van der Waals surface area contributed by atoms with Gasteiger partial charge in [-0.2, -0.15) is 0 Å². The van der Waals surface area contributed by atoms with Crippen LogP contribution < -0.4 is 4.90 Å². The van der Waals surface area contributed by atoms with E-state index < -0.39 is 0 Å². The molecule has 2 heterocycles. The molecule has 2 aliphatic heterocycles.